The van der Waals surface area contributed by atoms with Crippen molar-refractivity contribution in [2.75, 3.05) is 6.61 Å². The second-order valence-electron chi connectivity index (χ2n) is 4.49. The highest BCUT2D eigenvalue weighted by Crippen LogP contribution is 2.21. The lowest BCUT2D eigenvalue weighted by molar-refractivity contribution is 0.0955. The zero-order valence-corrected chi connectivity index (χ0v) is 15.9. The van der Waals surface area contributed by atoms with Gasteiger partial charge in [0, 0.05) is 19.2 Å². The molecular weight excluding hydrogens is 471 g/mol. The third kappa shape index (κ3) is 5.47. The molecule has 0 atom stereocenters. The number of hydrazone groups is 1. The van der Waals surface area contributed by atoms with E-state index < -0.39 is 0 Å². The number of carbonyl (C=O) groups is 1. The molecule has 118 valence electrons. The molecule has 0 aromatic heterocycles. The summed E-state index contributed by atoms with van der Waals surface area (Å²) >= 11 is 5.59. The monoisotopic (exact) mass is 484 g/mol. The number of nitrogens with one attached hydrogen (secondary N) is 1. The van der Waals surface area contributed by atoms with Gasteiger partial charge in [-0.25, -0.2) is 5.43 Å². The zero-order valence-electron chi connectivity index (χ0n) is 12.1. The Morgan fingerprint density at radius 3 is 2.74 bits per heavy atom. The van der Waals surface area contributed by atoms with Crippen LogP contribution in [0.1, 0.15) is 15.9 Å². The molecule has 1 N–H and O–H groups in total. The average Bonchev–Trinajstić information content (AvgIpc) is 2.54. The Morgan fingerprint density at radius 2 is 2.04 bits per heavy atom. The quantitative estimate of drug-likeness (QED) is 0.286. The molecule has 0 saturated heterocycles. The number of amides is 1. The molecule has 0 fully saturated rings. The largest absolute Gasteiger partial charge is 0.489 e. The van der Waals surface area contributed by atoms with Crippen molar-refractivity contribution >= 4 is 50.6 Å². The fourth-order valence-electron chi connectivity index (χ4n) is 1.73. The molecule has 0 aliphatic rings. The van der Waals surface area contributed by atoms with Crippen LogP contribution in [-0.4, -0.2) is 18.7 Å². The molecule has 0 bridgehead atoms. The molecule has 2 aromatic carbocycles. The first-order valence-electron chi connectivity index (χ1n) is 6.72. The van der Waals surface area contributed by atoms with Gasteiger partial charge in [-0.3, -0.25) is 4.79 Å². The molecule has 23 heavy (non-hydrogen) atoms. The lowest BCUT2D eigenvalue weighted by Gasteiger charge is -2.07. The van der Waals surface area contributed by atoms with Crippen molar-refractivity contribution in [2.24, 2.45) is 5.10 Å². The van der Waals surface area contributed by atoms with Gasteiger partial charge in [-0.2, -0.15) is 5.10 Å². The van der Waals surface area contributed by atoms with Gasteiger partial charge in [0.25, 0.3) is 5.91 Å². The van der Waals surface area contributed by atoms with Gasteiger partial charge in [0.15, 0.2) is 0 Å². The first-order chi connectivity index (χ1) is 11.1. The molecule has 0 spiro atoms. The molecular formula is C17H14BrIN2O2. The number of hydrogen-bond donors (Lipinski definition) is 1. The Bertz CT molecular complexity index is 730. The van der Waals surface area contributed by atoms with Gasteiger partial charge in [0.05, 0.1) is 6.21 Å². The van der Waals surface area contributed by atoms with E-state index in [1.54, 1.807) is 24.4 Å². The summed E-state index contributed by atoms with van der Waals surface area (Å²) in [5.41, 5.74) is 3.82. The minimum atomic E-state index is -0.263. The van der Waals surface area contributed by atoms with Crippen molar-refractivity contribution in [1.29, 1.82) is 0 Å². The summed E-state index contributed by atoms with van der Waals surface area (Å²) in [5.74, 6) is 0.404. The van der Waals surface area contributed by atoms with Crippen molar-refractivity contribution in [3.05, 3.63) is 74.3 Å². The summed E-state index contributed by atoms with van der Waals surface area (Å²) in [6.07, 6.45) is 3.22. The number of ether oxygens (including phenoxy) is 1. The van der Waals surface area contributed by atoms with Crippen LogP contribution in [0.25, 0.3) is 0 Å². The minimum Gasteiger partial charge on any atom is -0.489 e. The highest BCUT2D eigenvalue weighted by atomic mass is 127. The van der Waals surface area contributed by atoms with Crippen molar-refractivity contribution in [3.63, 3.8) is 0 Å². The molecule has 1 amide bonds. The fourth-order valence-corrected chi connectivity index (χ4v) is 2.46. The van der Waals surface area contributed by atoms with Gasteiger partial charge >= 0.3 is 0 Å². The number of rotatable bonds is 6. The molecule has 0 unspecified atom stereocenters. The van der Waals surface area contributed by atoms with Crippen molar-refractivity contribution in [3.8, 4) is 5.75 Å². The normalized spacial score (nSPS) is 10.5. The van der Waals surface area contributed by atoms with E-state index in [9.17, 15) is 4.79 Å². The third-order valence-electron chi connectivity index (χ3n) is 2.80. The highest BCUT2D eigenvalue weighted by molar-refractivity contribution is 14.1. The summed E-state index contributed by atoms with van der Waals surface area (Å²) < 4.78 is 7.52. The Kier molecular flexibility index (Phi) is 6.79. The van der Waals surface area contributed by atoms with E-state index in [0.717, 1.165) is 13.6 Å². The van der Waals surface area contributed by atoms with Gasteiger partial charge in [-0.1, -0.05) is 28.6 Å². The molecule has 2 rings (SSSR count). The van der Waals surface area contributed by atoms with E-state index in [-0.39, 0.29) is 5.91 Å². The lowest BCUT2D eigenvalue weighted by Crippen LogP contribution is -2.17. The molecule has 2 aromatic rings. The smallest absolute Gasteiger partial charge is 0.271 e. The zero-order chi connectivity index (χ0) is 16.7. The summed E-state index contributed by atoms with van der Waals surface area (Å²) in [6.45, 7) is 4.02. The van der Waals surface area contributed by atoms with Gasteiger partial charge in [-0.15, -0.1) is 0 Å². The van der Waals surface area contributed by atoms with E-state index in [4.69, 9.17) is 4.74 Å². The molecule has 0 radical (unpaired) electrons. The summed E-state index contributed by atoms with van der Waals surface area (Å²) in [7, 11) is 0. The van der Waals surface area contributed by atoms with Crippen molar-refractivity contribution < 1.29 is 9.53 Å². The topological polar surface area (TPSA) is 50.7 Å². The fraction of sp³-hybridized carbons (Fsp3) is 0.0588. The van der Waals surface area contributed by atoms with Crippen LogP contribution in [-0.2, 0) is 0 Å². The first kappa shape index (κ1) is 17.7. The molecule has 0 aliphatic carbocycles. The highest BCUT2D eigenvalue weighted by Gasteiger charge is 2.05. The molecule has 6 heteroatoms. The Balaban J connectivity index is 2.07. The van der Waals surface area contributed by atoms with Crippen LogP contribution in [0.5, 0.6) is 5.75 Å². The van der Waals surface area contributed by atoms with Crippen molar-refractivity contribution in [2.45, 2.75) is 0 Å². The lowest BCUT2D eigenvalue weighted by atomic mass is 10.2. The predicted molar refractivity (Wildman–Crippen MR) is 104 cm³/mol. The van der Waals surface area contributed by atoms with Gasteiger partial charge in [0.1, 0.15) is 12.4 Å². The number of benzene rings is 2. The van der Waals surface area contributed by atoms with E-state index >= 15 is 0 Å². The summed E-state index contributed by atoms with van der Waals surface area (Å²) in [6, 6.07) is 12.8. The van der Waals surface area contributed by atoms with Crippen LogP contribution in [0.15, 0.2) is 64.7 Å². The number of halogens is 2. The second kappa shape index (κ2) is 8.83. The Morgan fingerprint density at radius 1 is 1.30 bits per heavy atom. The molecule has 0 saturated carbocycles. The van der Waals surface area contributed by atoms with Crippen LogP contribution in [0, 0.1) is 3.57 Å². The third-order valence-corrected chi connectivity index (χ3v) is 4.02. The Labute approximate surface area is 156 Å². The molecule has 0 aliphatic heterocycles. The van der Waals surface area contributed by atoms with E-state index in [1.165, 1.54) is 0 Å². The van der Waals surface area contributed by atoms with E-state index in [2.05, 4.69) is 55.6 Å². The van der Waals surface area contributed by atoms with Crippen LogP contribution in [0.2, 0.25) is 0 Å². The number of nitrogens with zero attached hydrogens (tertiary/aromatic N) is 1. The second-order valence-corrected chi connectivity index (χ2v) is 6.65. The maximum absolute atomic E-state index is 12.0. The van der Waals surface area contributed by atoms with Crippen LogP contribution in [0.3, 0.4) is 0 Å². The average molecular weight is 485 g/mol. The van der Waals surface area contributed by atoms with Gasteiger partial charge in [0.2, 0.25) is 0 Å². The number of hydrogen-bond acceptors (Lipinski definition) is 3. The van der Waals surface area contributed by atoms with Gasteiger partial charge < -0.3 is 4.74 Å². The minimum absolute atomic E-state index is 0.263. The molecule has 4 nitrogen and oxygen atoms in total. The SMILES string of the molecule is C=CCOc1ccc(Br)cc1/C=N\NC(=O)c1ccc(I)cc1. The van der Waals surface area contributed by atoms with Gasteiger partial charge in [-0.05, 0) is 65.1 Å². The Hall–Kier alpha value is -1.67. The standard InChI is InChI=1S/C17H14BrIN2O2/c1-2-9-23-16-8-5-14(18)10-13(16)11-20-21-17(22)12-3-6-15(19)7-4-12/h2-8,10-11H,1,9H2,(H,21,22)/b20-11-. The first-order valence-corrected chi connectivity index (χ1v) is 8.59. The maximum Gasteiger partial charge on any atom is 0.271 e. The van der Waals surface area contributed by atoms with Crippen molar-refractivity contribution in [1.82, 2.24) is 5.43 Å². The van der Waals surface area contributed by atoms with E-state index in [0.29, 0.717) is 17.9 Å². The predicted octanol–water partition coefficient (Wildman–Crippen LogP) is 4.38. The van der Waals surface area contributed by atoms with E-state index in [1.807, 2.05) is 30.3 Å². The van der Waals surface area contributed by atoms with Crippen LogP contribution < -0.4 is 10.2 Å². The number of carbonyl (C=O) groups excluding carboxylic acids is 1. The summed E-state index contributed by atoms with van der Waals surface area (Å²) in [4.78, 5) is 12.0. The van der Waals surface area contributed by atoms with Crippen LogP contribution in [0.4, 0.5) is 0 Å². The molecule has 0 heterocycles. The maximum atomic E-state index is 12.0. The van der Waals surface area contributed by atoms with Crippen LogP contribution >= 0.6 is 38.5 Å². The summed E-state index contributed by atoms with van der Waals surface area (Å²) in [5, 5.41) is 4.00.